The monoisotopic (exact) mass is 617 g/mol. The van der Waals surface area contributed by atoms with Crippen LogP contribution in [0, 0.1) is 11.8 Å². The predicted octanol–water partition coefficient (Wildman–Crippen LogP) is 2.78. The highest BCUT2D eigenvalue weighted by atomic mass is 16.5. The van der Waals surface area contributed by atoms with Crippen LogP contribution in [0.4, 0.5) is 0 Å². The van der Waals surface area contributed by atoms with Gasteiger partial charge in [0.1, 0.15) is 28.6 Å². The molecule has 1 saturated heterocycles. The quantitative estimate of drug-likeness (QED) is 0.303. The molecule has 1 heterocycles. The van der Waals surface area contributed by atoms with E-state index in [2.05, 4.69) is 4.90 Å². The van der Waals surface area contributed by atoms with Crippen LogP contribution in [0.25, 0.3) is 11.1 Å². The van der Waals surface area contributed by atoms with Gasteiger partial charge in [-0.05, 0) is 93.7 Å². The molecule has 4 atom stereocenters. The van der Waals surface area contributed by atoms with E-state index in [1.165, 1.54) is 17.4 Å². The number of ketones is 2. The highest BCUT2D eigenvalue weighted by Crippen LogP contribution is 2.53. The summed E-state index contributed by atoms with van der Waals surface area (Å²) in [6.07, 6.45) is 3.77. The fourth-order valence-electron chi connectivity index (χ4n) is 7.94. The first-order valence-corrected chi connectivity index (χ1v) is 15.3. The Bertz CT molecular complexity index is 1670. The Morgan fingerprint density at radius 2 is 1.78 bits per heavy atom. The number of hydrogen-bond acceptors (Lipinski definition) is 10. The number of likely N-dealkylation sites (tertiary alicyclic amines) is 1. The van der Waals surface area contributed by atoms with Crippen LogP contribution >= 0.6 is 0 Å². The van der Waals surface area contributed by atoms with Crippen LogP contribution in [0.5, 0.6) is 11.5 Å². The van der Waals surface area contributed by atoms with E-state index in [1.54, 1.807) is 27.3 Å². The molecule has 2 aromatic carbocycles. The molecule has 0 bridgehead atoms. The maximum Gasteiger partial charge on any atom is 0.255 e. The smallest absolute Gasteiger partial charge is 0.255 e. The molecule has 45 heavy (non-hydrogen) atoms. The van der Waals surface area contributed by atoms with Crippen LogP contribution in [0.3, 0.4) is 0 Å². The number of piperidine rings is 1. The first kappa shape index (κ1) is 30.8. The number of primary amides is 1. The van der Waals surface area contributed by atoms with Gasteiger partial charge in [0, 0.05) is 23.6 Å². The first-order valence-electron chi connectivity index (χ1n) is 15.3. The van der Waals surface area contributed by atoms with Crippen molar-refractivity contribution in [2.45, 2.75) is 50.3 Å². The van der Waals surface area contributed by atoms with Gasteiger partial charge in [-0.1, -0.05) is 18.6 Å². The van der Waals surface area contributed by atoms with E-state index in [0.717, 1.165) is 43.6 Å². The van der Waals surface area contributed by atoms with E-state index < -0.39 is 58.0 Å². The molecule has 11 heteroatoms. The molecule has 3 aliphatic carbocycles. The summed E-state index contributed by atoms with van der Waals surface area (Å²) in [6.45, 7) is 2.82. The normalized spacial score (nSPS) is 26.9. The van der Waals surface area contributed by atoms with E-state index in [4.69, 9.17) is 10.5 Å². The molecule has 1 aliphatic heterocycles. The summed E-state index contributed by atoms with van der Waals surface area (Å²) in [5, 5.41) is 45.4. The van der Waals surface area contributed by atoms with E-state index in [1.807, 2.05) is 18.2 Å². The summed E-state index contributed by atoms with van der Waals surface area (Å²) in [5.41, 5.74) is 4.78. The number of phenols is 1. The first-order chi connectivity index (χ1) is 21.4. The number of rotatable bonds is 6. The molecule has 4 unspecified atom stereocenters. The molecule has 1 amide bonds. The van der Waals surface area contributed by atoms with E-state index in [9.17, 15) is 34.8 Å². The molecule has 6 N–H and O–H groups in total. The van der Waals surface area contributed by atoms with E-state index >= 15 is 0 Å². The van der Waals surface area contributed by atoms with Crippen molar-refractivity contribution in [2.75, 3.05) is 34.3 Å². The zero-order valence-corrected chi connectivity index (χ0v) is 25.7. The molecule has 0 spiro atoms. The van der Waals surface area contributed by atoms with Crippen molar-refractivity contribution < 1.29 is 39.5 Å². The number of carbonyl (C=O) groups excluding carboxylic acids is 3. The van der Waals surface area contributed by atoms with Crippen LogP contribution in [0.2, 0.25) is 0 Å². The summed E-state index contributed by atoms with van der Waals surface area (Å²) in [7, 11) is 4.78. The molecule has 2 aromatic rings. The molecule has 4 aliphatic rings. The van der Waals surface area contributed by atoms with Gasteiger partial charge in [-0.25, -0.2) is 0 Å². The lowest BCUT2D eigenvalue weighted by Crippen LogP contribution is -2.63. The Labute approximate surface area is 261 Å². The number of benzene rings is 2. The van der Waals surface area contributed by atoms with Gasteiger partial charge in [-0.15, -0.1) is 0 Å². The van der Waals surface area contributed by atoms with Crippen molar-refractivity contribution >= 4 is 17.5 Å². The van der Waals surface area contributed by atoms with Gasteiger partial charge >= 0.3 is 0 Å². The second kappa shape index (κ2) is 11.3. The van der Waals surface area contributed by atoms with Crippen molar-refractivity contribution in [3.63, 3.8) is 0 Å². The van der Waals surface area contributed by atoms with Crippen molar-refractivity contribution in [3.05, 3.63) is 69.7 Å². The number of carbonyl (C=O) groups is 3. The minimum absolute atomic E-state index is 0.0208. The third kappa shape index (κ3) is 4.72. The average Bonchev–Trinajstić information content (AvgIpc) is 2.99. The zero-order valence-electron chi connectivity index (χ0n) is 25.7. The van der Waals surface area contributed by atoms with Gasteiger partial charge in [0.25, 0.3) is 5.91 Å². The van der Waals surface area contributed by atoms with Crippen LogP contribution < -0.4 is 10.5 Å². The molecular weight excluding hydrogens is 578 g/mol. The number of methoxy groups -OCH3 is 1. The molecule has 0 saturated carbocycles. The Morgan fingerprint density at radius 3 is 2.42 bits per heavy atom. The Hall–Kier alpha value is -4.19. The third-order valence-electron chi connectivity index (χ3n) is 10.0. The topological polar surface area (TPSA) is 174 Å². The molecular formula is C34H39N3O8. The molecule has 11 nitrogen and oxygen atoms in total. The minimum Gasteiger partial charge on any atom is -0.510 e. The number of fused-ring (bicyclic) bond motifs is 3. The van der Waals surface area contributed by atoms with Crippen LogP contribution in [0.1, 0.15) is 47.2 Å². The molecule has 0 radical (unpaired) electrons. The zero-order chi connectivity index (χ0) is 32.4. The standard InChI is InChI=1S/C34H39N3O8/c1-36(2)28-22-15-18-14-21-19(20-13-17(7-10-24(20)45-3)16-37-11-5-4-6-12-37)8-9-23(38)26(21)29(39)25(18)31(41)34(22,44)32(42)27(30(28)40)33(35)43/h7-10,13,18,22,28,38,40-41,44H,4-6,11-12,14-16H2,1-3H3,(H2,35,43). The number of aromatic hydroxyl groups is 1. The number of allylic oxidation sites excluding steroid dienone is 1. The van der Waals surface area contributed by atoms with Crippen LogP contribution in [-0.2, 0) is 22.6 Å². The average molecular weight is 618 g/mol. The fraction of sp³-hybridized carbons (Fsp3) is 0.441. The number of ether oxygens (including phenoxy) is 1. The lowest BCUT2D eigenvalue weighted by molar-refractivity contribution is -0.148. The van der Waals surface area contributed by atoms with Gasteiger partial charge in [0.15, 0.2) is 11.4 Å². The Morgan fingerprint density at radius 1 is 1.07 bits per heavy atom. The predicted molar refractivity (Wildman–Crippen MR) is 165 cm³/mol. The summed E-state index contributed by atoms with van der Waals surface area (Å²) in [5.74, 6) is -6.17. The number of Topliss-reactive ketones (excluding diaryl/α,β-unsaturated/α-hetero) is 2. The Balaban J connectivity index is 1.48. The van der Waals surface area contributed by atoms with Crippen LogP contribution in [0.15, 0.2) is 53.0 Å². The number of phenolic OH excluding ortho intramolecular Hbond substituents is 1. The number of nitrogens with zero attached hydrogens (tertiary/aromatic N) is 2. The van der Waals surface area contributed by atoms with Crippen molar-refractivity contribution in [1.29, 1.82) is 0 Å². The third-order valence-corrected chi connectivity index (χ3v) is 10.0. The molecule has 0 aromatic heterocycles. The van der Waals surface area contributed by atoms with Crippen LogP contribution in [-0.4, -0.2) is 93.6 Å². The maximum absolute atomic E-state index is 14.2. The number of nitrogens with two attached hydrogens (primary N) is 1. The fourth-order valence-corrected chi connectivity index (χ4v) is 7.94. The van der Waals surface area contributed by atoms with Gasteiger partial charge < -0.3 is 30.9 Å². The summed E-state index contributed by atoms with van der Waals surface area (Å²) in [4.78, 5) is 43.9. The number of aliphatic hydroxyl groups is 3. The van der Waals surface area contributed by atoms with Crippen molar-refractivity contribution in [1.82, 2.24) is 9.80 Å². The van der Waals surface area contributed by atoms with Gasteiger partial charge in [-0.3, -0.25) is 24.2 Å². The van der Waals surface area contributed by atoms with E-state index in [0.29, 0.717) is 16.9 Å². The lowest BCUT2D eigenvalue weighted by atomic mass is 9.58. The van der Waals surface area contributed by atoms with Gasteiger partial charge in [0.05, 0.1) is 18.7 Å². The summed E-state index contributed by atoms with van der Waals surface area (Å²) >= 11 is 0. The highest BCUT2D eigenvalue weighted by molar-refractivity contribution is 6.25. The maximum atomic E-state index is 14.2. The largest absolute Gasteiger partial charge is 0.510 e. The summed E-state index contributed by atoms with van der Waals surface area (Å²) < 4.78 is 5.74. The number of likely N-dealkylation sites (N-methyl/N-ethyl adjacent to an activating group) is 1. The molecule has 6 rings (SSSR count). The summed E-state index contributed by atoms with van der Waals surface area (Å²) in [6, 6.07) is 8.09. The lowest BCUT2D eigenvalue weighted by Gasteiger charge is -2.50. The second-order valence-electron chi connectivity index (χ2n) is 12.8. The molecule has 1 fully saturated rings. The number of aliphatic hydroxyl groups excluding tert-OH is 2. The van der Waals surface area contributed by atoms with Crippen molar-refractivity contribution in [3.8, 4) is 22.6 Å². The SMILES string of the molecule is COc1ccc(CN2CCCCC2)cc1-c1ccc(O)c2c1CC1CC3C(N(C)C)C(O)=C(C(N)=O)C(=O)C3(O)C(O)=C1C2=O. The number of amides is 1. The van der Waals surface area contributed by atoms with Gasteiger partial charge in [-0.2, -0.15) is 0 Å². The minimum atomic E-state index is -2.68. The van der Waals surface area contributed by atoms with Gasteiger partial charge in [0.2, 0.25) is 5.78 Å². The number of hydrogen-bond donors (Lipinski definition) is 5. The highest BCUT2D eigenvalue weighted by Gasteiger charge is 2.63. The Kier molecular flexibility index (Phi) is 7.75. The van der Waals surface area contributed by atoms with Crippen molar-refractivity contribution in [2.24, 2.45) is 17.6 Å². The second-order valence-corrected chi connectivity index (χ2v) is 12.8. The van der Waals surface area contributed by atoms with E-state index in [-0.39, 0.29) is 29.7 Å². The molecule has 238 valence electrons.